The SMILES string of the molecule is CCN(CC)CCCNS(=O)(=O)c1ccc2c(c1)NC(=O)C(C)O2. The third kappa shape index (κ3) is 4.46. The van der Waals surface area contributed by atoms with E-state index >= 15 is 0 Å². The second kappa shape index (κ2) is 7.96. The number of carbonyl (C=O) groups is 1. The van der Waals surface area contributed by atoms with Crippen molar-refractivity contribution in [2.75, 3.05) is 31.5 Å². The average molecular weight is 355 g/mol. The number of anilines is 1. The maximum atomic E-state index is 12.4. The van der Waals surface area contributed by atoms with E-state index in [2.05, 4.69) is 28.8 Å². The number of ether oxygens (including phenoxy) is 1. The Morgan fingerprint density at radius 1 is 1.29 bits per heavy atom. The zero-order valence-corrected chi connectivity index (χ0v) is 15.1. The number of carbonyl (C=O) groups excluding carboxylic acids is 1. The topological polar surface area (TPSA) is 87.7 Å². The van der Waals surface area contributed by atoms with Crippen LogP contribution in [0.4, 0.5) is 5.69 Å². The number of fused-ring (bicyclic) bond motifs is 1. The van der Waals surface area contributed by atoms with Gasteiger partial charge in [0.15, 0.2) is 6.10 Å². The zero-order chi connectivity index (χ0) is 17.7. The predicted molar refractivity (Wildman–Crippen MR) is 92.8 cm³/mol. The monoisotopic (exact) mass is 355 g/mol. The standard InChI is InChI=1S/C16H25N3O4S/c1-4-19(5-2)10-6-9-17-24(21,22)13-7-8-15-14(11-13)18-16(20)12(3)23-15/h7-8,11-12,17H,4-6,9-10H2,1-3H3,(H,18,20). The molecule has 1 aliphatic heterocycles. The number of nitrogens with one attached hydrogen (secondary N) is 2. The van der Waals surface area contributed by atoms with Gasteiger partial charge in [0.2, 0.25) is 10.0 Å². The summed E-state index contributed by atoms with van der Waals surface area (Å²) in [5.41, 5.74) is 0.379. The molecule has 1 amide bonds. The van der Waals surface area contributed by atoms with Gasteiger partial charge in [0, 0.05) is 6.54 Å². The highest BCUT2D eigenvalue weighted by atomic mass is 32.2. The molecule has 0 saturated carbocycles. The van der Waals surface area contributed by atoms with Crippen molar-refractivity contribution in [3.8, 4) is 5.75 Å². The number of nitrogens with zero attached hydrogens (tertiary/aromatic N) is 1. The van der Waals surface area contributed by atoms with Gasteiger partial charge >= 0.3 is 0 Å². The molecule has 1 aromatic carbocycles. The molecule has 134 valence electrons. The third-order valence-corrected chi connectivity index (χ3v) is 5.49. The van der Waals surface area contributed by atoms with E-state index in [0.717, 1.165) is 26.1 Å². The first-order valence-corrected chi connectivity index (χ1v) is 9.69. The van der Waals surface area contributed by atoms with Crippen molar-refractivity contribution in [3.63, 3.8) is 0 Å². The number of hydrogen-bond donors (Lipinski definition) is 2. The van der Waals surface area contributed by atoms with Gasteiger partial charge in [-0.15, -0.1) is 0 Å². The molecule has 1 aromatic rings. The number of benzene rings is 1. The van der Waals surface area contributed by atoms with E-state index < -0.39 is 16.1 Å². The molecule has 2 rings (SSSR count). The number of sulfonamides is 1. The van der Waals surface area contributed by atoms with Crippen LogP contribution in [0.5, 0.6) is 5.75 Å². The van der Waals surface area contributed by atoms with Gasteiger partial charge in [0.05, 0.1) is 10.6 Å². The van der Waals surface area contributed by atoms with Gasteiger partial charge in [-0.25, -0.2) is 13.1 Å². The molecule has 1 unspecified atom stereocenters. The van der Waals surface area contributed by atoms with Gasteiger partial charge < -0.3 is 15.0 Å². The van der Waals surface area contributed by atoms with Crippen LogP contribution >= 0.6 is 0 Å². The number of rotatable bonds is 8. The van der Waals surface area contributed by atoms with E-state index in [1.54, 1.807) is 13.0 Å². The van der Waals surface area contributed by atoms with Crippen LogP contribution in [0.25, 0.3) is 0 Å². The molecule has 0 spiro atoms. The van der Waals surface area contributed by atoms with Crippen LogP contribution in [0, 0.1) is 0 Å². The summed E-state index contributed by atoms with van der Waals surface area (Å²) in [7, 11) is -3.61. The summed E-state index contributed by atoms with van der Waals surface area (Å²) < 4.78 is 32.8. The Bertz CT molecular complexity index is 687. The molecule has 8 heteroatoms. The molecule has 2 N–H and O–H groups in total. The lowest BCUT2D eigenvalue weighted by molar-refractivity contribution is -0.122. The fraction of sp³-hybridized carbons (Fsp3) is 0.562. The van der Waals surface area contributed by atoms with Gasteiger partial charge in [-0.3, -0.25) is 4.79 Å². The molecular formula is C16H25N3O4S. The van der Waals surface area contributed by atoms with E-state index in [1.807, 2.05) is 0 Å². The quantitative estimate of drug-likeness (QED) is 0.689. The Morgan fingerprint density at radius 3 is 2.67 bits per heavy atom. The van der Waals surface area contributed by atoms with Crippen molar-refractivity contribution in [2.24, 2.45) is 0 Å². The normalized spacial score (nSPS) is 17.3. The summed E-state index contributed by atoms with van der Waals surface area (Å²) in [4.78, 5) is 14.0. The van der Waals surface area contributed by atoms with E-state index in [1.165, 1.54) is 12.1 Å². The van der Waals surface area contributed by atoms with Gasteiger partial charge in [-0.05, 0) is 51.2 Å². The third-order valence-electron chi connectivity index (χ3n) is 4.03. The Kier molecular flexibility index (Phi) is 6.20. The molecule has 24 heavy (non-hydrogen) atoms. The van der Waals surface area contributed by atoms with Gasteiger partial charge in [-0.2, -0.15) is 0 Å². The van der Waals surface area contributed by atoms with Gasteiger partial charge in [-0.1, -0.05) is 13.8 Å². The molecule has 0 saturated heterocycles. The first kappa shape index (κ1) is 18.7. The minimum Gasteiger partial charge on any atom is -0.479 e. The Labute approximate surface area is 143 Å². The zero-order valence-electron chi connectivity index (χ0n) is 14.3. The first-order valence-electron chi connectivity index (χ1n) is 8.21. The smallest absolute Gasteiger partial charge is 0.265 e. The van der Waals surface area contributed by atoms with Crippen LogP contribution in [-0.2, 0) is 14.8 Å². The number of amides is 1. The minimum absolute atomic E-state index is 0.113. The highest BCUT2D eigenvalue weighted by molar-refractivity contribution is 7.89. The van der Waals surface area contributed by atoms with Crippen LogP contribution in [0.2, 0.25) is 0 Å². The maximum Gasteiger partial charge on any atom is 0.265 e. The molecule has 0 aromatic heterocycles. The van der Waals surface area contributed by atoms with Crippen molar-refractivity contribution >= 4 is 21.6 Å². The lowest BCUT2D eigenvalue weighted by Crippen LogP contribution is -2.34. The molecule has 1 heterocycles. The molecule has 0 bridgehead atoms. The molecule has 0 aliphatic carbocycles. The summed E-state index contributed by atoms with van der Waals surface area (Å²) in [5.74, 6) is 0.187. The lowest BCUT2D eigenvalue weighted by atomic mass is 10.2. The van der Waals surface area contributed by atoms with Crippen LogP contribution in [-0.4, -0.2) is 51.5 Å². The first-order chi connectivity index (χ1) is 11.4. The van der Waals surface area contributed by atoms with Crippen LogP contribution in [0.3, 0.4) is 0 Å². The van der Waals surface area contributed by atoms with E-state index in [4.69, 9.17) is 4.74 Å². The highest BCUT2D eigenvalue weighted by Crippen LogP contribution is 2.31. The van der Waals surface area contributed by atoms with E-state index in [0.29, 0.717) is 18.0 Å². The summed E-state index contributed by atoms with van der Waals surface area (Å²) in [6.07, 6.45) is 0.154. The summed E-state index contributed by atoms with van der Waals surface area (Å²) in [5, 5.41) is 2.66. The second-order valence-corrected chi connectivity index (χ2v) is 7.45. The van der Waals surface area contributed by atoms with E-state index in [-0.39, 0.29) is 10.8 Å². The molecule has 0 fully saturated rings. The molecular weight excluding hydrogens is 330 g/mol. The minimum atomic E-state index is -3.61. The molecule has 7 nitrogen and oxygen atoms in total. The van der Waals surface area contributed by atoms with Crippen LogP contribution in [0.15, 0.2) is 23.1 Å². The predicted octanol–water partition coefficient (Wildman–Crippen LogP) is 1.42. The highest BCUT2D eigenvalue weighted by Gasteiger charge is 2.25. The maximum absolute atomic E-state index is 12.4. The summed E-state index contributed by atoms with van der Waals surface area (Å²) in [6, 6.07) is 4.47. The second-order valence-electron chi connectivity index (χ2n) is 5.69. The van der Waals surface area contributed by atoms with Crippen molar-refractivity contribution in [1.82, 2.24) is 9.62 Å². The van der Waals surface area contributed by atoms with Gasteiger partial charge in [0.1, 0.15) is 5.75 Å². The van der Waals surface area contributed by atoms with Crippen molar-refractivity contribution in [3.05, 3.63) is 18.2 Å². The Morgan fingerprint density at radius 2 is 2.00 bits per heavy atom. The van der Waals surface area contributed by atoms with Gasteiger partial charge in [0.25, 0.3) is 5.91 Å². The fourth-order valence-corrected chi connectivity index (χ4v) is 3.59. The van der Waals surface area contributed by atoms with Crippen molar-refractivity contribution in [1.29, 1.82) is 0 Å². The molecule has 1 aliphatic rings. The largest absolute Gasteiger partial charge is 0.479 e. The molecule has 0 radical (unpaired) electrons. The molecule has 1 atom stereocenters. The van der Waals surface area contributed by atoms with Crippen LogP contribution < -0.4 is 14.8 Å². The van der Waals surface area contributed by atoms with Crippen molar-refractivity contribution < 1.29 is 17.9 Å². The van der Waals surface area contributed by atoms with Crippen molar-refractivity contribution in [2.45, 2.75) is 38.2 Å². The fourth-order valence-electron chi connectivity index (χ4n) is 2.49. The summed E-state index contributed by atoms with van der Waals surface area (Å²) in [6.45, 7) is 8.92. The number of hydrogen-bond acceptors (Lipinski definition) is 5. The summed E-state index contributed by atoms with van der Waals surface area (Å²) >= 11 is 0. The van der Waals surface area contributed by atoms with E-state index in [9.17, 15) is 13.2 Å². The Hall–Kier alpha value is -1.64. The average Bonchev–Trinajstić information content (AvgIpc) is 2.55. The Balaban J connectivity index is 2.00. The van der Waals surface area contributed by atoms with Crippen LogP contribution in [0.1, 0.15) is 27.2 Å². The lowest BCUT2D eigenvalue weighted by Gasteiger charge is -2.23.